The van der Waals surface area contributed by atoms with Crippen LogP contribution in [0.3, 0.4) is 0 Å². The van der Waals surface area contributed by atoms with Gasteiger partial charge >= 0.3 is 0 Å². The maximum atomic E-state index is 12.8. The first kappa shape index (κ1) is 15.2. The van der Waals surface area contributed by atoms with Crippen LogP contribution in [0, 0.1) is 0 Å². The molecular formula is C16H17NO3S2. The van der Waals surface area contributed by atoms with Crippen molar-refractivity contribution >= 4 is 27.1 Å². The molecule has 0 radical (unpaired) electrons. The van der Waals surface area contributed by atoms with E-state index in [1.807, 2.05) is 35.7 Å². The van der Waals surface area contributed by atoms with Crippen LogP contribution in [-0.4, -0.2) is 36.8 Å². The van der Waals surface area contributed by atoms with E-state index in [-0.39, 0.29) is 23.5 Å². The third kappa shape index (κ3) is 3.39. The summed E-state index contributed by atoms with van der Waals surface area (Å²) in [5, 5.41) is 1.96. The minimum absolute atomic E-state index is 0.0664. The first-order chi connectivity index (χ1) is 10.6. The van der Waals surface area contributed by atoms with Gasteiger partial charge in [0.05, 0.1) is 18.1 Å². The molecular weight excluding hydrogens is 318 g/mol. The zero-order valence-electron chi connectivity index (χ0n) is 12.0. The molecule has 1 aliphatic rings. The number of carbonyl (C=O) groups excluding carboxylic acids is 1. The molecule has 1 aromatic heterocycles. The molecule has 1 aliphatic heterocycles. The molecule has 1 saturated heterocycles. The lowest BCUT2D eigenvalue weighted by Crippen LogP contribution is -2.40. The molecule has 0 bridgehead atoms. The van der Waals surface area contributed by atoms with Crippen molar-refractivity contribution in [3.8, 4) is 0 Å². The van der Waals surface area contributed by atoms with Crippen LogP contribution in [0.5, 0.6) is 0 Å². The lowest BCUT2D eigenvalue weighted by molar-refractivity contribution is 0.0683. The van der Waals surface area contributed by atoms with Gasteiger partial charge in [-0.05, 0) is 30.0 Å². The SMILES string of the molecule is O=C(c1ccccc1)N(Cc1cccs1)[C@@H]1CCS(=O)(=O)C1. The van der Waals surface area contributed by atoms with Crippen LogP contribution in [0.1, 0.15) is 21.7 Å². The minimum atomic E-state index is -3.03. The van der Waals surface area contributed by atoms with E-state index in [2.05, 4.69) is 0 Å². The summed E-state index contributed by atoms with van der Waals surface area (Å²) in [6.45, 7) is 0.464. The summed E-state index contributed by atoms with van der Waals surface area (Å²) >= 11 is 1.58. The van der Waals surface area contributed by atoms with Crippen LogP contribution in [-0.2, 0) is 16.4 Å². The van der Waals surface area contributed by atoms with Gasteiger partial charge in [-0.25, -0.2) is 8.42 Å². The molecule has 0 aliphatic carbocycles. The predicted molar refractivity (Wildman–Crippen MR) is 87.7 cm³/mol. The summed E-state index contributed by atoms with van der Waals surface area (Å²) < 4.78 is 23.5. The van der Waals surface area contributed by atoms with Crippen molar-refractivity contribution in [2.24, 2.45) is 0 Å². The molecule has 0 unspecified atom stereocenters. The number of carbonyl (C=O) groups is 1. The Bertz CT molecular complexity index is 739. The summed E-state index contributed by atoms with van der Waals surface area (Å²) in [5.41, 5.74) is 0.600. The first-order valence-corrected chi connectivity index (χ1v) is 9.84. The van der Waals surface area contributed by atoms with Crippen LogP contribution in [0.15, 0.2) is 47.8 Å². The predicted octanol–water partition coefficient (Wildman–Crippen LogP) is 2.58. The standard InChI is InChI=1S/C16H17NO3S2/c18-16(13-5-2-1-3-6-13)17(11-15-7-4-9-21-15)14-8-10-22(19,20)12-14/h1-7,9,14H,8,10-12H2/t14-/m1/s1. The third-order valence-electron chi connectivity index (χ3n) is 3.84. The molecule has 2 heterocycles. The monoisotopic (exact) mass is 335 g/mol. The maximum absolute atomic E-state index is 12.8. The molecule has 116 valence electrons. The number of hydrogen-bond donors (Lipinski definition) is 0. The normalized spacial score (nSPS) is 19.9. The van der Waals surface area contributed by atoms with E-state index < -0.39 is 9.84 Å². The molecule has 0 saturated carbocycles. The highest BCUT2D eigenvalue weighted by molar-refractivity contribution is 7.91. The van der Waals surface area contributed by atoms with Gasteiger partial charge in [0.1, 0.15) is 0 Å². The van der Waals surface area contributed by atoms with Crippen LogP contribution < -0.4 is 0 Å². The van der Waals surface area contributed by atoms with Crippen molar-refractivity contribution in [1.82, 2.24) is 4.90 Å². The zero-order chi connectivity index (χ0) is 15.6. The Morgan fingerprint density at radius 3 is 2.55 bits per heavy atom. The molecule has 0 spiro atoms. The average molecular weight is 335 g/mol. The number of hydrogen-bond acceptors (Lipinski definition) is 4. The highest BCUT2D eigenvalue weighted by Gasteiger charge is 2.35. The first-order valence-electron chi connectivity index (χ1n) is 7.14. The molecule has 2 aromatic rings. The summed E-state index contributed by atoms with van der Waals surface area (Å²) in [6, 6.07) is 12.7. The molecule has 1 fully saturated rings. The van der Waals surface area contributed by atoms with Crippen molar-refractivity contribution < 1.29 is 13.2 Å². The Balaban J connectivity index is 1.87. The topological polar surface area (TPSA) is 54.5 Å². The lowest BCUT2D eigenvalue weighted by atomic mass is 10.1. The van der Waals surface area contributed by atoms with E-state index in [0.29, 0.717) is 18.5 Å². The van der Waals surface area contributed by atoms with Gasteiger partial charge in [-0.3, -0.25) is 4.79 Å². The summed E-state index contributed by atoms with van der Waals surface area (Å²) in [4.78, 5) is 15.6. The zero-order valence-corrected chi connectivity index (χ0v) is 13.6. The van der Waals surface area contributed by atoms with Gasteiger partial charge in [0.25, 0.3) is 5.91 Å². The Morgan fingerprint density at radius 1 is 1.18 bits per heavy atom. The van der Waals surface area contributed by atoms with Crippen molar-refractivity contribution in [2.75, 3.05) is 11.5 Å². The second kappa shape index (κ2) is 6.22. The van der Waals surface area contributed by atoms with Crippen molar-refractivity contribution in [3.63, 3.8) is 0 Å². The Kier molecular flexibility index (Phi) is 4.31. The lowest BCUT2D eigenvalue weighted by Gasteiger charge is -2.28. The molecule has 4 nitrogen and oxygen atoms in total. The van der Waals surface area contributed by atoms with Gasteiger partial charge in [0.15, 0.2) is 9.84 Å². The van der Waals surface area contributed by atoms with E-state index in [1.165, 1.54) is 0 Å². The van der Waals surface area contributed by atoms with Gasteiger partial charge in [-0.1, -0.05) is 24.3 Å². The van der Waals surface area contributed by atoms with Gasteiger partial charge in [0.2, 0.25) is 0 Å². The fourth-order valence-corrected chi connectivity index (χ4v) is 5.14. The number of sulfone groups is 1. The highest BCUT2D eigenvalue weighted by atomic mass is 32.2. The molecule has 3 rings (SSSR count). The average Bonchev–Trinajstić information content (AvgIpc) is 3.14. The quantitative estimate of drug-likeness (QED) is 0.863. The summed E-state index contributed by atoms with van der Waals surface area (Å²) in [6.07, 6.45) is 0.520. The largest absolute Gasteiger partial charge is 0.329 e. The summed E-state index contributed by atoms with van der Waals surface area (Å²) in [7, 11) is -3.03. The van der Waals surface area contributed by atoms with E-state index >= 15 is 0 Å². The van der Waals surface area contributed by atoms with Crippen molar-refractivity contribution in [3.05, 3.63) is 58.3 Å². The van der Waals surface area contributed by atoms with Gasteiger partial charge in [-0.2, -0.15) is 0 Å². The number of benzene rings is 1. The number of amides is 1. The van der Waals surface area contributed by atoms with Crippen LogP contribution in [0.25, 0.3) is 0 Å². The number of nitrogens with zero attached hydrogens (tertiary/aromatic N) is 1. The van der Waals surface area contributed by atoms with Gasteiger partial charge in [-0.15, -0.1) is 11.3 Å². The Morgan fingerprint density at radius 2 is 1.95 bits per heavy atom. The third-order valence-corrected chi connectivity index (χ3v) is 6.45. The molecule has 1 amide bonds. The smallest absolute Gasteiger partial charge is 0.254 e. The second-order valence-corrected chi connectivity index (χ2v) is 8.70. The Hall–Kier alpha value is -1.66. The van der Waals surface area contributed by atoms with E-state index in [4.69, 9.17) is 0 Å². The molecule has 1 aromatic carbocycles. The van der Waals surface area contributed by atoms with Crippen molar-refractivity contribution in [1.29, 1.82) is 0 Å². The highest BCUT2D eigenvalue weighted by Crippen LogP contribution is 2.23. The molecule has 6 heteroatoms. The molecule has 0 N–H and O–H groups in total. The second-order valence-electron chi connectivity index (χ2n) is 5.44. The van der Waals surface area contributed by atoms with E-state index in [0.717, 1.165) is 4.88 Å². The van der Waals surface area contributed by atoms with Gasteiger partial charge in [0, 0.05) is 16.5 Å². The maximum Gasteiger partial charge on any atom is 0.254 e. The summed E-state index contributed by atoms with van der Waals surface area (Å²) in [5.74, 6) is 0.133. The van der Waals surface area contributed by atoms with Crippen LogP contribution >= 0.6 is 11.3 Å². The van der Waals surface area contributed by atoms with Crippen LogP contribution in [0.4, 0.5) is 0 Å². The Labute approximate surface area is 134 Å². The van der Waals surface area contributed by atoms with Crippen molar-refractivity contribution in [2.45, 2.75) is 19.0 Å². The fourth-order valence-electron chi connectivity index (χ4n) is 2.70. The van der Waals surface area contributed by atoms with Crippen LogP contribution in [0.2, 0.25) is 0 Å². The van der Waals surface area contributed by atoms with E-state index in [1.54, 1.807) is 28.4 Å². The number of rotatable bonds is 4. The number of thiophene rings is 1. The fraction of sp³-hybridized carbons (Fsp3) is 0.312. The van der Waals surface area contributed by atoms with E-state index in [9.17, 15) is 13.2 Å². The molecule has 22 heavy (non-hydrogen) atoms. The molecule has 1 atom stereocenters. The van der Waals surface area contributed by atoms with Gasteiger partial charge < -0.3 is 4.90 Å². The minimum Gasteiger partial charge on any atom is -0.329 e.